The van der Waals surface area contributed by atoms with Gasteiger partial charge in [0.1, 0.15) is 18.7 Å². The zero-order valence-electron chi connectivity index (χ0n) is 86.5. The van der Waals surface area contributed by atoms with Gasteiger partial charge < -0.3 is 68.5 Å². The molecule has 0 fully saturated rings. The molecule has 3 N–H and O–H groups in total. The second-order valence-electron chi connectivity index (χ2n) is 37.7. The van der Waals surface area contributed by atoms with Gasteiger partial charge in [-0.15, -0.1) is 0 Å². The molecule has 7 unspecified atom stereocenters. The standard InChI is InChI=1S/C33H42N2O6.C31H39NO4.C30H38N2O4.C25H28ClNO2/c1-22(2)31(34-30(36)21-39-6)32(37)40-25(5)41-33(38)35(19-11-14-26-13-9-12-23(3)20-26)24(4)28-18-10-16-27-15-7-8-17-29(27)28;1-21(2)23(4)30(33)35-25(6)36-31(34)32(19-11-14-26-13-9-12-22(3)20-26)24(5)28-18-10-16-27-15-7-8-17-29(27)28;1-20(2)28(31)29(33)35-23(5)36-30(34)32(18-10-13-24-12-8-11-21(3)19-24)22(4)26-17-9-15-25-14-6-7-16-27(25)26;1-18-9-6-10-21(17-18)11-8-16-27(25(28)29-20(3)26)19(2)23-15-7-13-22-12-4-5-14-24(22)23/h7-10,12-13,15-18,20,22,24-25,31H,11,14,19,21H2,1-6H3,(H,34,36);7-10,12-13,15-18,20-21,23-25H,11,14,19H2,1-6H3;6-9,11-12,14-17,19-20,22-23,28H,10,13,18,31H2,1-5H3;4-7,9-10,12-15,17,19-20H,8,11,16H2,1-3H3/t24-,25?,31?;23?,24-,25?;22-,23?,28?;19-,20?/m1111/s1. The van der Waals surface area contributed by atoms with Crippen molar-refractivity contribution in [1.82, 2.24) is 24.9 Å². The molecule has 756 valence electrons. The first-order valence-corrected chi connectivity index (χ1v) is 50.1. The Balaban J connectivity index is 0.000000213. The van der Waals surface area contributed by atoms with Crippen molar-refractivity contribution in [3.8, 4) is 0 Å². The van der Waals surface area contributed by atoms with Gasteiger partial charge in [-0.25, -0.2) is 24.0 Å². The lowest BCUT2D eigenvalue weighted by Crippen LogP contribution is -2.47. The summed E-state index contributed by atoms with van der Waals surface area (Å²) in [4.78, 5) is 110. The third-order valence-electron chi connectivity index (χ3n) is 25.5. The van der Waals surface area contributed by atoms with Crippen LogP contribution in [0, 0.1) is 51.4 Å². The van der Waals surface area contributed by atoms with E-state index in [1.165, 1.54) is 65.5 Å². The van der Waals surface area contributed by atoms with Crippen molar-refractivity contribution in [2.24, 2.45) is 29.4 Å². The first-order valence-electron chi connectivity index (χ1n) is 49.7. The van der Waals surface area contributed by atoms with E-state index in [1.807, 2.05) is 171 Å². The number of nitrogens with zero attached hydrogens (tertiary/aromatic N) is 4. The van der Waals surface area contributed by atoms with Crippen LogP contribution in [0.5, 0.6) is 0 Å². The Kier molecular flexibility index (Phi) is 44.7. The minimum Gasteiger partial charge on any atom is -0.430 e. The van der Waals surface area contributed by atoms with Crippen LogP contribution < -0.4 is 11.1 Å². The Morgan fingerprint density at radius 1 is 0.310 bits per heavy atom. The van der Waals surface area contributed by atoms with Crippen LogP contribution in [0.3, 0.4) is 0 Å². The van der Waals surface area contributed by atoms with Crippen molar-refractivity contribution in [3.63, 3.8) is 0 Å². The maximum Gasteiger partial charge on any atom is 0.413 e. The summed E-state index contributed by atoms with van der Waals surface area (Å²) in [5, 5.41) is 11.5. The van der Waals surface area contributed by atoms with Crippen LogP contribution >= 0.6 is 11.6 Å². The van der Waals surface area contributed by atoms with Crippen molar-refractivity contribution in [2.45, 2.75) is 244 Å². The van der Waals surface area contributed by atoms with Gasteiger partial charge in [-0.05, 0) is 219 Å². The fourth-order valence-electron chi connectivity index (χ4n) is 17.2. The number of hydrogen-bond acceptors (Lipinski definition) is 17. The number of halogens is 1. The zero-order chi connectivity index (χ0) is 103. The van der Waals surface area contributed by atoms with E-state index in [9.17, 15) is 38.4 Å². The monoisotopic (exact) mass is 1950 g/mol. The largest absolute Gasteiger partial charge is 0.430 e. The maximum absolute atomic E-state index is 13.6. The van der Waals surface area contributed by atoms with E-state index in [2.05, 4.69) is 192 Å². The zero-order valence-corrected chi connectivity index (χ0v) is 87.2. The predicted molar refractivity (Wildman–Crippen MR) is 568 cm³/mol. The maximum atomic E-state index is 13.6. The van der Waals surface area contributed by atoms with Crippen LogP contribution in [-0.2, 0) is 82.8 Å². The number of hydrogen-bond donors (Lipinski definition) is 2. The Morgan fingerprint density at radius 2 is 0.570 bits per heavy atom. The van der Waals surface area contributed by atoms with Crippen LogP contribution in [0.15, 0.2) is 267 Å². The predicted octanol–water partition coefficient (Wildman–Crippen LogP) is 26.4. The van der Waals surface area contributed by atoms with Crippen molar-refractivity contribution < 1.29 is 76.3 Å². The fraction of sp³-hybridized carbons (Fsp3) is 0.395. The van der Waals surface area contributed by atoms with Gasteiger partial charge >= 0.3 is 42.3 Å². The van der Waals surface area contributed by atoms with Crippen LogP contribution in [0.25, 0.3) is 43.1 Å². The number of esters is 3. The molecule has 11 atom stereocenters. The highest BCUT2D eigenvalue weighted by Gasteiger charge is 2.35. The molecule has 142 heavy (non-hydrogen) atoms. The number of carbonyl (C=O) groups is 8. The highest BCUT2D eigenvalue weighted by molar-refractivity contribution is 6.20. The summed E-state index contributed by atoms with van der Waals surface area (Å²) in [6.45, 7) is 37.5. The van der Waals surface area contributed by atoms with Gasteiger partial charge in [0.25, 0.3) is 0 Å². The van der Waals surface area contributed by atoms with Gasteiger partial charge in [0, 0.05) is 54.1 Å². The lowest BCUT2D eigenvalue weighted by molar-refractivity contribution is -0.173. The van der Waals surface area contributed by atoms with E-state index in [1.54, 1.807) is 47.3 Å². The number of benzene rings is 12. The number of amides is 5. The van der Waals surface area contributed by atoms with Crippen LogP contribution in [0.1, 0.15) is 220 Å². The minimum atomic E-state index is -1.16. The number of rotatable bonds is 40. The highest BCUT2D eigenvalue weighted by atomic mass is 35.5. The van der Waals surface area contributed by atoms with Crippen molar-refractivity contribution in [3.05, 3.63) is 334 Å². The van der Waals surface area contributed by atoms with Crippen LogP contribution in [-0.4, -0.2) is 144 Å². The van der Waals surface area contributed by atoms with Crippen molar-refractivity contribution >= 4 is 103 Å². The summed E-state index contributed by atoms with van der Waals surface area (Å²) in [7, 11) is 1.40. The summed E-state index contributed by atoms with van der Waals surface area (Å²) in [6.07, 6.45) is 1.37. The number of methoxy groups -OCH3 is 1. The van der Waals surface area contributed by atoms with Gasteiger partial charge in [-0.3, -0.25) is 14.4 Å². The average molecular weight is 1950 g/mol. The van der Waals surface area contributed by atoms with E-state index in [0.717, 1.165) is 117 Å². The Morgan fingerprint density at radius 3 is 0.831 bits per heavy atom. The number of nitrogens with two attached hydrogens (primary N) is 1. The summed E-state index contributed by atoms with van der Waals surface area (Å²) >= 11 is 5.94. The van der Waals surface area contributed by atoms with Crippen LogP contribution in [0.2, 0.25) is 0 Å². The third-order valence-corrected chi connectivity index (χ3v) is 25.6. The molecule has 0 aliphatic carbocycles. The summed E-state index contributed by atoms with van der Waals surface area (Å²) in [6, 6.07) is 88.2. The second kappa shape index (κ2) is 56.5. The molecule has 0 bridgehead atoms. The highest BCUT2D eigenvalue weighted by Crippen LogP contribution is 2.36. The summed E-state index contributed by atoms with van der Waals surface area (Å²) in [5.41, 5.74) is 19.2. The Bertz CT molecular complexity index is 5900. The molecule has 0 radical (unpaired) electrons. The fourth-order valence-corrected chi connectivity index (χ4v) is 17.3. The molecule has 22 nitrogen and oxygen atoms in total. The number of ether oxygens (including phenoxy) is 8. The molecular weight excluding hydrogens is 1800 g/mol. The Hall–Kier alpha value is -13.2. The summed E-state index contributed by atoms with van der Waals surface area (Å²) in [5.74, 6) is -2.51. The van der Waals surface area contributed by atoms with E-state index >= 15 is 0 Å². The molecule has 0 heterocycles. The molecule has 0 saturated heterocycles. The quantitative estimate of drug-likeness (QED) is 0.0156. The first-order chi connectivity index (χ1) is 67.9. The van der Waals surface area contributed by atoms with Gasteiger partial charge in [-0.1, -0.05) is 349 Å². The summed E-state index contributed by atoms with van der Waals surface area (Å²) < 4.78 is 43.2. The second-order valence-corrected chi connectivity index (χ2v) is 38.4. The number of nitrogens with one attached hydrogen (secondary N) is 1. The van der Waals surface area contributed by atoms with E-state index in [4.69, 9.17) is 55.2 Å². The Labute approximate surface area is 845 Å². The number of carbonyl (C=O) groups excluding carboxylic acids is 8. The number of fused-ring (bicyclic) bond motifs is 4. The number of aryl methyl sites for hydroxylation is 8. The van der Waals surface area contributed by atoms with Gasteiger partial charge in [-0.2, -0.15) is 0 Å². The smallest absolute Gasteiger partial charge is 0.413 e. The molecule has 12 aromatic carbocycles. The molecule has 23 heteroatoms. The van der Waals surface area contributed by atoms with Gasteiger partial charge in [0.05, 0.1) is 30.1 Å². The molecule has 0 spiro atoms. The van der Waals surface area contributed by atoms with E-state index in [0.29, 0.717) is 26.2 Å². The molecule has 12 rings (SSSR count). The topological polar surface area (TPSA) is 261 Å². The van der Waals surface area contributed by atoms with Gasteiger partial charge in [0.15, 0.2) is 5.56 Å². The molecule has 0 aromatic heterocycles. The minimum absolute atomic E-state index is 0.0788. The van der Waals surface area contributed by atoms with E-state index < -0.39 is 72.6 Å². The molecular formula is C119H147ClN6O16. The molecule has 5 amide bonds. The number of alkyl halides is 1. The van der Waals surface area contributed by atoms with E-state index in [-0.39, 0.29) is 66.5 Å². The molecule has 0 saturated carbocycles. The van der Waals surface area contributed by atoms with Gasteiger partial charge in [0.2, 0.25) is 24.8 Å². The average Bonchev–Trinajstić information content (AvgIpc) is 0.812. The SMILES string of the molecule is COCC(=O)NC(C(=O)OC(C)OC(=O)N(CCCc1cccc(C)c1)[C@H](C)c1cccc2ccccc12)C(C)C.Cc1cccc(CCCN(C(=O)OC(C)Cl)[C@H](C)c2cccc3ccccc23)c1.Cc1cccc(CCCN(C(=O)OC(C)OC(=O)C(C)C(C)C)[C@H](C)c2cccc3ccccc23)c1.Cc1cccc(CCCN(C(=O)OC(C)OC(=O)C(N)C(C)C)[C@H](C)c2cccc3ccccc23)c1. The third kappa shape index (κ3) is 34.3. The van der Waals surface area contributed by atoms with Crippen molar-refractivity contribution in [1.29, 1.82) is 0 Å². The molecule has 0 aliphatic rings. The first kappa shape index (κ1) is 112. The normalized spacial score (nSPS) is 13.5. The lowest BCUT2D eigenvalue weighted by atomic mass is 9.98. The van der Waals surface area contributed by atoms with Crippen LogP contribution in [0.4, 0.5) is 19.2 Å². The molecule has 0 aliphatic heterocycles. The van der Waals surface area contributed by atoms with Crippen molar-refractivity contribution in [2.75, 3.05) is 39.9 Å². The lowest BCUT2D eigenvalue weighted by Gasteiger charge is -2.31. The molecule has 12 aromatic rings.